The van der Waals surface area contributed by atoms with Gasteiger partial charge in [0, 0.05) is 24.1 Å². The Bertz CT molecular complexity index is 222. The summed E-state index contributed by atoms with van der Waals surface area (Å²) in [4.78, 5) is 23.8. The molecule has 6 heteroatoms. The number of hydrazine groups is 1. The van der Waals surface area contributed by atoms with E-state index in [1.807, 2.05) is 12.3 Å². The van der Waals surface area contributed by atoms with Gasteiger partial charge in [-0.15, -0.1) is 0 Å². The van der Waals surface area contributed by atoms with Crippen molar-refractivity contribution in [3.8, 4) is 0 Å². The largest absolute Gasteiger partial charge is 0.330 e. The van der Waals surface area contributed by atoms with Crippen LogP contribution in [0.15, 0.2) is 0 Å². The van der Waals surface area contributed by atoms with Crippen LogP contribution in [0.3, 0.4) is 0 Å². The summed E-state index contributed by atoms with van der Waals surface area (Å²) in [5.74, 6) is 5.36. The highest BCUT2D eigenvalue weighted by Crippen LogP contribution is 2.15. The molecule has 0 spiro atoms. The van der Waals surface area contributed by atoms with Crippen LogP contribution in [-0.2, 0) is 9.59 Å². The number of rotatable bonds is 0. The van der Waals surface area contributed by atoms with E-state index in [9.17, 15) is 9.59 Å². The van der Waals surface area contributed by atoms with E-state index in [0.717, 1.165) is 11.5 Å². The molecule has 5 nitrogen and oxygen atoms in total. The molecule has 1 unspecified atom stereocenters. The Morgan fingerprint density at radius 3 is 2.85 bits per heavy atom. The first-order chi connectivity index (χ1) is 6.16. The quantitative estimate of drug-likeness (QED) is 0.228. The van der Waals surface area contributed by atoms with Crippen LogP contribution in [0.2, 0.25) is 0 Å². The minimum atomic E-state index is -0.737. The first-order valence-corrected chi connectivity index (χ1v) is 5.21. The van der Waals surface area contributed by atoms with Crippen LogP contribution >= 0.6 is 11.8 Å². The van der Waals surface area contributed by atoms with Crippen molar-refractivity contribution in [3.05, 3.63) is 0 Å². The first kappa shape index (κ1) is 10.3. The van der Waals surface area contributed by atoms with Crippen LogP contribution in [0.1, 0.15) is 6.92 Å². The highest BCUT2D eigenvalue weighted by molar-refractivity contribution is 7.99. The van der Waals surface area contributed by atoms with Crippen molar-refractivity contribution in [3.63, 3.8) is 0 Å². The van der Waals surface area contributed by atoms with E-state index < -0.39 is 11.8 Å². The zero-order valence-electron chi connectivity index (χ0n) is 7.45. The van der Waals surface area contributed by atoms with Gasteiger partial charge in [0.05, 0.1) is 0 Å². The molecule has 0 aromatic rings. The number of thioether (sulfide) groups is 1. The van der Waals surface area contributed by atoms with E-state index >= 15 is 0 Å². The number of carbonyl (C=O) groups is 2. The Hall–Kier alpha value is -0.750. The second-order valence-corrected chi connectivity index (χ2v) is 4.05. The molecule has 1 rings (SSSR count). The minimum Gasteiger partial charge on any atom is -0.330 e. The average molecular weight is 203 g/mol. The fraction of sp³-hybridized carbons (Fsp3) is 0.714. The maximum Gasteiger partial charge on any atom is 0.323 e. The van der Waals surface area contributed by atoms with Gasteiger partial charge in [0.25, 0.3) is 0 Å². The molecule has 0 bridgehead atoms. The van der Waals surface area contributed by atoms with Crippen molar-refractivity contribution in [2.24, 2.45) is 5.84 Å². The zero-order valence-corrected chi connectivity index (χ0v) is 8.26. The van der Waals surface area contributed by atoms with Crippen molar-refractivity contribution >= 4 is 23.6 Å². The molecule has 1 aliphatic heterocycles. The number of nitrogens with zero attached hydrogens (tertiary/aromatic N) is 1. The molecule has 0 aromatic carbocycles. The Labute approximate surface area is 81.0 Å². The lowest BCUT2D eigenvalue weighted by atomic mass is 10.3. The monoisotopic (exact) mass is 203 g/mol. The average Bonchev–Trinajstić information content (AvgIpc) is 2.16. The van der Waals surface area contributed by atoms with E-state index in [2.05, 4.69) is 0 Å². The Balaban J connectivity index is 2.58. The molecule has 1 heterocycles. The highest BCUT2D eigenvalue weighted by atomic mass is 32.2. The maximum atomic E-state index is 11.4. The summed E-state index contributed by atoms with van der Waals surface area (Å²) in [6.45, 7) is 2.55. The Kier molecular flexibility index (Phi) is 3.56. The van der Waals surface area contributed by atoms with E-state index in [1.54, 1.807) is 16.7 Å². The van der Waals surface area contributed by atoms with E-state index in [1.165, 1.54) is 0 Å². The lowest BCUT2D eigenvalue weighted by Gasteiger charge is -2.32. The van der Waals surface area contributed by atoms with Gasteiger partial charge in [0.1, 0.15) is 0 Å². The molecule has 1 atom stereocenters. The number of carbonyl (C=O) groups excluding carboxylic acids is 2. The molecule has 13 heavy (non-hydrogen) atoms. The molecule has 2 amide bonds. The molecule has 1 saturated heterocycles. The van der Waals surface area contributed by atoms with Crippen molar-refractivity contribution in [2.75, 3.05) is 18.1 Å². The second kappa shape index (κ2) is 4.48. The summed E-state index contributed by atoms with van der Waals surface area (Å²) in [7, 11) is 0. The van der Waals surface area contributed by atoms with Crippen LogP contribution in [0.4, 0.5) is 0 Å². The topological polar surface area (TPSA) is 75.4 Å². The van der Waals surface area contributed by atoms with Gasteiger partial charge in [-0.2, -0.15) is 11.8 Å². The fourth-order valence-corrected chi connectivity index (χ4v) is 2.23. The molecular weight excluding hydrogens is 190 g/mol. The summed E-state index contributed by atoms with van der Waals surface area (Å²) in [6.07, 6.45) is 0. The van der Waals surface area contributed by atoms with Gasteiger partial charge in [-0.05, 0) is 6.92 Å². The maximum absolute atomic E-state index is 11.4. The summed E-state index contributed by atoms with van der Waals surface area (Å²) in [5, 5.41) is 0. The normalized spacial score (nSPS) is 22.6. The molecule has 0 aliphatic carbocycles. The summed E-state index contributed by atoms with van der Waals surface area (Å²) in [6, 6.07) is 0.114. The van der Waals surface area contributed by atoms with E-state index in [0.29, 0.717) is 6.54 Å². The first-order valence-electron chi connectivity index (χ1n) is 4.06. The van der Waals surface area contributed by atoms with Gasteiger partial charge in [0.2, 0.25) is 0 Å². The van der Waals surface area contributed by atoms with Gasteiger partial charge in [-0.1, -0.05) is 0 Å². The van der Waals surface area contributed by atoms with Crippen LogP contribution in [0.25, 0.3) is 0 Å². The van der Waals surface area contributed by atoms with Gasteiger partial charge in [-0.25, -0.2) is 5.84 Å². The summed E-state index contributed by atoms with van der Waals surface area (Å²) in [5.41, 5.74) is 1.85. The molecule has 1 aliphatic rings. The van der Waals surface area contributed by atoms with Crippen molar-refractivity contribution in [1.82, 2.24) is 10.3 Å². The number of hydrogen-bond acceptors (Lipinski definition) is 4. The SMILES string of the molecule is CC1CSCCN1C(=O)C(=O)NN. The summed E-state index contributed by atoms with van der Waals surface area (Å²) < 4.78 is 0. The number of nitrogens with one attached hydrogen (secondary N) is 1. The molecule has 0 aromatic heterocycles. The van der Waals surface area contributed by atoms with Gasteiger partial charge >= 0.3 is 11.8 Å². The molecule has 0 saturated carbocycles. The van der Waals surface area contributed by atoms with Crippen LogP contribution in [0, 0.1) is 0 Å². The molecular formula is C7H13N3O2S. The molecule has 1 fully saturated rings. The molecule has 0 radical (unpaired) electrons. The van der Waals surface area contributed by atoms with Crippen molar-refractivity contribution in [2.45, 2.75) is 13.0 Å². The molecule has 3 N–H and O–H groups in total. The van der Waals surface area contributed by atoms with Crippen LogP contribution < -0.4 is 11.3 Å². The third-order valence-corrected chi connectivity index (χ3v) is 3.14. The molecule has 74 valence electrons. The van der Waals surface area contributed by atoms with Crippen molar-refractivity contribution < 1.29 is 9.59 Å². The summed E-state index contributed by atoms with van der Waals surface area (Å²) >= 11 is 1.79. The predicted molar refractivity (Wildman–Crippen MR) is 50.8 cm³/mol. The number of nitrogens with two attached hydrogens (primary N) is 1. The van der Waals surface area contributed by atoms with Crippen molar-refractivity contribution in [1.29, 1.82) is 0 Å². The highest BCUT2D eigenvalue weighted by Gasteiger charge is 2.27. The predicted octanol–water partition coefficient (Wildman–Crippen LogP) is -1.06. The number of amides is 2. The van der Waals surface area contributed by atoms with Gasteiger partial charge in [-0.3, -0.25) is 15.0 Å². The minimum absolute atomic E-state index is 0.114. The van der Waals surface area contributed by atoms with Crippen LogP contribution in [0.5, 0.6) is 0 Å². The standard InChI is InChI=1S/C7H13N3O2S/c1-5-4-13-3-2-10(5)7(12)6(11)9-8/h5H,2-4,8H2,1H3,(H,9,11). The van der Waals surface area contributed by atoms with Gasteiger partial charge in [0.15, 0.2) is 0 Å². The van der Waals surface area contributed by atoms with Gasteiger partial charge < -0.3 is 4.90 Å². The number of hydrogen-bond donors (Lipinski definition) is 2. The second-order valence-electron chi connectivity index (χ2n) is 2.90. The fourth-order valence-electron chi connectivity index (χ4n) is 1.22. The third-order valence-electron chi connectivity index (χ3n) is 1.95. The van der Waals surface area contributed by atoms with Crippen LogP contribution in [-0.4, -0.2) is 40.8 Å². The van der Waals surface area contributed by atoms with E-state index in [4.69, 9.17) is 5.84 Å². The Morgan fingerprint density at radius 1 is 1.62 bits per heavy atom. The lowest BCUT2D eigenvalue weighted by molar-refractivity contribution is -0.146. The Morgan fingerprint density at radius 2 is 2.31 bits per heavy atom. The van der Waals surface area contributed by atoms with E-state index in [-0.39, 0.29) is 6.04 Å². The third kappa shape index (κ3) is 2.35. The lowest BCUT2D eigenvalue weighted by Crippen LogP contribution is -2.51. The smallest absolute Gasteiger partial charge is 0.323 e. The zero-order chi connectivity index (χ0) is 9.84.